The quantitative estimate of drug-likeness (QED) is 0.407. The lowest BCUT2D eigenvalue weighted by atomic mass is 10.2. The maximum absolute atomic E-state index is 13.1. The molecular weight excluding hydrogens is 420 g/mol. The van der Waals surface area contributed by atoms with Crippen LogP contribution in [0.3, 0.4) is 0 Å². The molecule has 0 spiro atoms. The highest BCUT2D eigenvalue weighted by molar-refractivity contribution is 7.89. The Hall–Kier alpha value is -2.82. The summed E-state index contributed by atoms with van der Waals surface area (Å²) in [6.45, 7) is 3.08. The summed E-state index contributed by atoms with van der Waals surface area (Å²) in [4.78, 5) is 14.4. The van der Waals surface area contributed by atoms with Crippen molar-refractivity contribution in [2.45, 2.75) is 31.3 Å². The van der Waals surface area contributed by atoms with E-state index in [2.05, 4.69) is 10.1 Å². The molecule has 0 radical (unpaired) electrons. The molecule has 0 unspecified atom stereocenters. The van der Waals surface area contributed by atoms with Gasteiger partial charge in [-0.3, -0.25) is 10.1 Å². The van der Waals surface area contributed by atoms with Gasteiger partial charge in [-0.05, 0) is 44.2 Å². The number of benzene rings is 2. The second-order valence-electron chi connectivity index (χ2n) is 6.39. The molecule has 29 heavy (non-hydrogen) atoms. The summed E-state index contributed by atoms with van der Waals surface area (Å²) >= 11 is 5.87. The van der Waals surface area contributed by atoms with Crippen LogP contribution in [0.1, 0.15) is 19.7 Å². The zero-order valence-corrected chi connectivity index (χ0v) is 17.1. The third kappa shape index (κ3) is 4.44. The van der Waals surface area contributed by atoms with Crippen molar-refractivity contribution in [1.29, 1.82) is 0 Å². The van der Waals surface area contributed by atoms with Crippen LogP contribution in [0.2, 0.25) is 5.02 Å². The predicted molar refractivity (Wildman–Crippen MR) is 106 cm³/mol. The van der Waals surface area contributed by atoms with Gasteiger partial charge in [0.15, 0.2) is 4.90 Å². The van der Waals surface area contributed by atoms with E-state index in [1.165, 1.54) is 18.2 Å². The molecule has 0 fully saturated rings. The van der Waals surface area contributed by atoms with Gasteiger partial charge in [0.25, 0.3) is 15.7 Å². The van der Waals surface area contributed by atoms with E-state index in [0.717, 1.165) is 10.4 Å². The Kier molecular flexibility index (Phi) is 5.96. The first-order valence-corrected chi connectivity index (χ1v) is 10.4. The van der Waals surface area contributed by atoms with Gasteiger partial charge in [-0.15, -0.1) is 0 Å². The Balaban J connectivity index is 1.94. The number of hydrogen-bond acceptors (Lipinski definition) is 7. The van der Waals surface area contributed by atoms with Crippen molar-refractivity contribution in [3.05, 3.63) is 69.6 Å². The fraction of sp³-hybridized carbons (Fsp3) is 0.222. The summed E-state index contributed by atoms with van der Waals surface area (Å²) < 4.78 is 32.6. The maximum Gasteiger partial charge on any atom is 0.289 e. The van der Waals surface area contributed by atoms with Crippen molar-refractivity contribution in [2.75, 3.05) is 0 Å². The first-order valence-electron chi connectivity index (χ1n) is 8.54. The molecule has 3 aromatic rings. The second-order valence-corrected chi connectivity index (χ2v) is 8.68. The van der Waals surface area contributed by atoms with Crippen LogP contribution in [0.4, 0.5) is 5.69 Å². The number of halogens is 1. The fourth-order valence-corrected chi connectivity index (χ4v) is 4.54. The lowest BCUT2D eigenvalue weighted by molar-refractivity contribution is -0.387. The van der Waals surface area contributed by atoms with Crippen LogP contribution in [0.15, 0.2) is 57.9 Å². The molecule has 0 N–H and O–H groups in total. The zero-order chi connectivity index (χ0) is 21.2. The summed E-state index contributed by atoms with van der Waals surface area (Å²) in [6, 6.07) is 11.5. The van der Waals surface area contributed by atoms with E-state index in [0.29, 0.717) is 10.6 Å². The highest BCUT2D eigenvalue weighted by atomic mass is 35.5. The molecule has 0 amide bonds. The summed E-state index contributed by atoms with van der Waals surface area (Å²) in [5, 5.41) is 15.7. The fourth-order valence-electron chi connectivity index (χ4n) is 2.67. The normalized spacial score (nSPS) is 11.9. The number of nitro groups is 1. The molecule has 0 atom stereocenters. The molecule has 11 heteroatoms. The van der Waals surface area contributed by atoms with Crippen molar-refractivity contribution >= 4 is 27.3 Å². The van der Waals surface area contributed by atoms with Gasteiger partial charge in [-0.2, -0.15) is 9.29 Å². The number of sulfonamides is 1. The third-order valence-electron chi connectivity index (χ3n) is 4.09. The summed E-state index contributed by atoms with van der Waals surface area (Å²) in [7, 11) is -4.19. The number of nitrogens with zero attached hydrogens (tertiary/aromatic N) is 4. The molecule has 0 aliphatic carbocycles. The largest absolute Gasteiger partial charge is 0.338 e. The average molecular weight is 437 g/mol. The minimum absolute atomic E-state index is 0.0609. The van der Waals surface area contributed by atoms with E-state index >= 15 is 0 Å². The topological polar surface area (TPSA) is 119 Å². The Labute approximate surface area is 172 Å². The van der Waals surface area contributed by atoms with E-state index < -0.39 is 31.6 Å². The molecule has 0 saturated heterocycles. The molecular formula is C18H17ClN4O5S. The lowest BCUT2D eigenvalue weighted by Gasteiger charge is -2.24. The van der Waals surface area contributed by atoms with Crippen LogP contribution in [-0.4, -0.2) is 33.8 Å². The molecule has 1 heterocycles. The van der Waals surface area contributed by atoms with E-state index in [-0.39, 0.29) is 18.3 Å². The van der Waals surface area contributed by atoms with E-state index in [9.17, 15) is 18.5 Å². The molecule has 0 aliphatic rings. The molecule has 152 valence electrons. The predicted octanol–water partition coefficient (Wildman–Crippen LogP) is 3.90. The molecule has 9 nitrogen and oxygen atoms in total. The van der Waals surface area contributed by atoms with Gasteiger partial charge in [-0.25, -0.2) is 8.42 Å². The van der Waals surface area contributed by atoms with Gasteiger partial charge in [0.2, 0.25) is 11.7 Å². The Morgan fingerprint density at radius 1 is 1.17 bits per heavy atom. The lowest BCUT2D eigenvalue weighted by Crippen LogP contribution is -2.36. The van der Waals surface area contributed by atoms with Gasteiger partial charge < -0.3 is 4.52 Å². The summed E-state index contributed by atoms with van der Waals surface area (Å²) in [6.07, 6.45) is 0. The smallest absolute Gasteiger partial charge is 0.289 e. The number of nitro benzene ring substituents is 1. The van der Waals surface area contributed by atoms with Crippen molar-refractivity contribution in [2.24, 2.45) is 0 Å². The molecule has 0 bridgehead atoms. The second kappa shape index (κ2) is 8.27. The number of para-hydroxylation sites is 1. The van der Waals surface area contributed by atoms with E-state index in [4.69, 9.17) is 16.1 Å². The van der Waals surface area contributed by atoms with Crippen LogP contribution < -0.4 is 0 Å². The maximum atomic E-state index is 13.1. The molecule has 0 saturated carbocycles. The Morgan fingerprint density at radius 2 is 1.83 bits per heavy atom. The minimum atomic E-state index is -4.19. The first kappa shape index (κ1) is 20.9. The molecule has 3 rings (SSSR count). The number of aromatic nitrogens is 2. The standard InChI is InChI=1S/C18H17ClN4O5S/c1-12(2)22(29(26,27)16-6-4-3-5-15(16)23(24)25)11-17-20-18(21-28-17)13-7-9-14(19)10-8-13/h3-10,12H,11H2,1-2H3. The van der Waals surface area contributed by atoms with E-state index in [1.54, 1.807) is 38.1 Å². The number of hydrogen-bond donors (Lipinski definition) is 0. The van der Waals surface area contributed by atoms with Crippen LogP contribution in [0.25, 0.3) is 11.4 Å². The summed E-state index contributed by atoms with van der Waals surface area (Å²) in [5.41, 5.74) is 0.160. The SMILES string of the molecule is CC(C)N(Cc1nc(-c2ccc(Cl)cc2)no1)S(=O)(=O)c1ccccc1[N+](=O)[O-]. The van der Waals surface area contributed by atoms with Gasteiger partial charge in [-0.1, -0.05) is 28.9 Å². The molecule has 2 aromatic carbocycles. The highest BCUT2D eigenvalue weighted by Crippen LogP contribution is 2.29. The number of rotatable bonds is 7. The Bertz CT molecular complexity index is 1130. The van der Waals surface area contributed by atoms with Gasteiger partial charge in [0.1, 0.15) is 0 Å². The van der Waals surface area contributed by atoms with Crippen LogP contribution in [-0.2, 0) is 16.6 Å². The van der Waals surface area contributed by atoms with E-state index in [1.807, 2.05) is 0 Å². The van der Waals surface area contributed by atoms with Crippen molar-refractivity contribution < 1.29 is 17.9 Å². The first-order chi connectivity index (χ1) is 13.7. The van der Waals surface area contributed by atoms with Gasteiger partial charge in [0.05, 0.1) is 11.5 Å². The highest BCUT2D eigenvalue weighted by Gasteiger charge is 2.34. The van der Waals surface area contributed by atoms with Crippen molar-refractivity contribution in [1.82, 2.24) is 14.4 Å². The third-order valence-corrected chi connectivity index (χ3v) is 6.41. The van der Waals surface area contributed by atoms with Crippen molar-refractivity contribution in [3.8, 4) is 11.4 Å². The Morgan fingerprint density at radius 3 is 2.45 bits per heavy atom. The van der Waals surface area contributed by atoms with Gasteiger partial charge in [0, 0.05) is 22.7 Å². The van der Waals surface area contributed by atoms with Crippen molar-refractivity contribution in [3.63, 3.8) is 0 Å². The van der Waals surface area contributed by atoms with Crippen LogP contribution in [0.5, 0.6) is 0 Å². The monoisotopic (exact) mass is 436 g/mol. The molecule has 1 aromatic heterocycles. The van der Waals surface area contributed by atoms with Crippen LogP contribution >= 0.6 is 11.6 Å². The summed E-state index contributed by atoms with van der Waals surface area (Å²) in [5.74, 6) is 0.342. The van der Waals surface area contributed by atoms with Crippen LogP contribution in [0, 0.1) is 10.1 Å². The minimum Gasteiger partial charge on any atom is -0.338 e. The van der Waals surface area contributed by atoms with Gasteiger partial charge >= 0.3 is 0 Å². The average Bonchev–Trinajstić information content (AvgIpc) is 3.15. The zero-order valence-electron chi connectivity index (χ0n) is 15.5. The molecule has 0 aliphatic heterocycles.